The van der Waals surface area contributed by atoms with Gasteiger partial charge in [-0.3, -0.25) is 29.8 Å². The van der Waals surface area contributed by atoms with E-state index in [-0.39, 0.29) is 22.3 Å². The summed E-state index contributed by atoms with van der Waals surface area (Å²) in [6.07, 6.45) is 0. The lowest BCUT2D eigenvalue weighted by atomic mass is 9.93. The van der Waals surface area contributed by atoms with E-state index in [1.54, 1.807) is 0 Å². The highest BCUT2D eigenvalue weighted by Crippen LogP contribution is 2.25. The van der Waals surface area contributed by atoms with E-state index >= 15 is 0 Å². The zero-order valence-electron chi connectivity index (χ0n) is 14.9. The van der Waals surface area contributed by atoms with Crippen molar-refractivity contribution in [2.24, 2.45) is 0 Å². The van der Waals surface area contributed by atoms with Crippen LogP contribution in [0.5, 0.6) is 0 Å². The highest BCUT2D eigenvalue weighted by molar-refractivity contribution is 6.19. The molecule has 0 saturated carbocycles. The summed E-state index contributed by atoms with van der Waals surface area (Å²) in [5.41, 5.74) is -2.58. The zero-order valence-corrected chi connectivity index (χ0v) is 14.9. The largest absolute Gasteiger partial charge is 0.305 e. The number of rotatable bonds is 6. The number of hydrogen-bond donors (Lipinski definition) is 0. The highest BCUT2D eigenvalue weighted by atomic mass is 19.1. The minimum Gasteiger partial charge on any atom is -0.289 e. The monoisotopic (exact) mass is 412 g/mol. The number of nitro benzene ring substituents is 2. The Balaban J connectivity index is 2.07. The summed E-state index contributed by atoms with van der Waals surface area (Å²) in [4.78, 5) is 45.6. The molecule has 0 N–H and O–H groups in total. The Morgan fingerprint density at radius 3 is 1.37 bits per heavy atom. The van der Waals surface area contributed by atoms with Crippen molar-refractivity contribution in [3.63, 3.8) is 0 Å². The normalized spacial score (nSPS) is 10.5. The van der Waals surface area contributed by atoms with Gasteiger partial charge in [-0.15, -0.1) is 0 Å². The van der Waals surface area contributed by atoms with E-state index < -0.39 is 44.4 Å². The van der Waals surface area contributed by atoms with Crippen molar-refractivity contribution >= 4 is 22.9 Å². The SMILES string of the molecule is O=C(c1ccc(F)c([N+](=O)[O-])c1)c1ccccc1C(=O)c1ccc(F)c([N+](=O)[O-])c1. The molecule has 0 heterocycles. The molecule has 0 aliphatic heterocycles. The predicted molar refractivity (Wildman–Crippen MR) is 99.4 cm³/mol. The third-order valence-electron chi connectivity index (χ3n) is 4.23. The molecule has 0 aromatic heterocycles. The van der Waals surface area contributed by atoms with Crippen molar-refractivity contribution in [3.05, 3.63) is 115 Å². The predicted octanol–water partition coefficient (Wildman–Crippen LogP) is 4.24. The van der Waals surface area contributed by atoms with Gasteiger partial charge in [-0.2, -0.15) is 8.78 Å². The number of nitrogens with zero attached hydrogens (tertiary/aromatic N) is 2. The smallest absolute Gasteiger partial charge is 0.289 e. The van der Waals surface area contributed by atoms with Gasteiger partial charge in [-0.25, -0.2) is 0 Å². The van der Waals surface area contributed by atoms with Crippen LogP contribution in [0, 0.1) is 31.9 Å². The van der Waals surface area contributed by atoms with Gasteiger partial charge in [0.25, 0.3) is 0 Å². The van der Waals surface area contributed by atoms with Gasteiger partial charge in [0.2, 0.25) is 11.6 Å². The van der Waals surface area contributed by atoms with Crippen molar-refractivity contribution in [2.75, 3.05) is 0 Å². The van der Waals surface area contributed by atoms with Gasteiger partial charge in [0.15, 0.2) is 11.6 Å². The summed E-state index contributed by atoms with van der Waals surface area (Å²) in [6, 6.07) is 10.5. The lowest BCUT2D eigenvalue weighted by Gasteiger charge is -2.09. The van der Waals surface area contributed by atoms with Gasteiger partial charge in [0.1, 0.15) is 0 Å². The summed E-state index contributed by atoms with van der Waals surface area (Å²) in [5.74, 6) is -3.84. The molecule has 3 aromatic rings. The number of halogens is 2. The molecule has 0 amide bonds. The summed E-state index contributed by atoms with van der Waals surface area (Å²) in [7, 11) is 0. The van der Waals surface area contributed by atoms with Crippen LogP contribution in [0.3, 0.4) is 0 Å². The molecule has 0 saturated heterocycles. The third kappa shape index (κ3) is 3.78. The Kier molecular flexibility index (Phi) is 5.41. The average Bonchev–Trinajstić information content (AvgIpc) is 2.73. The molecule has 0 atom stereocenters. The van der Waals surface area contributed by atoms with E-state index in [2.05, 4.69) is 0 Å². The van der Waals surface area contributed by atoms with Crippen molar-refractivity contribution in [1.29, 1.82) is 0 Å². The van der Waals surface area contributed by atoms with Gasteiger partial charge < -0.3 is 0 Å². The quantitative estimate of drug-likeness (QED) is 0.339. The van der Waals surface area contributed by atoms with Crippen LogP contribution >= 0.6 is 0 Å². The van der Waals surface area contributed by atoms with Crippen molar-refractivity contribution in [3.8, 4) is 0 Å². The van der Waals surface area contributed by atoms with Crippen LogP contribution in [-0.2, 0) is 0 Å². The van der Waals surface area contributed by atoms with E-state index in [0.29, 0.717) is 0 Å². The molecular weight excluding hydrogens is 402 g/mol. The number of hydrogen-bond acceptors (Lipinski definition) is 6. The average molecular weight is 412 g/mol. The van der Waals surface area contributed by atoms with E-state index in [1.807, 2.05) is 0 Å². The van der Waals surface area contributed by atoms with Crippen LogP contribution in [0.15, 0.2) is 60.7 Å². The van der Waals surface area contributed by atoms with Crippen molar-refractivity contribution in [1.82, 2.24) is 0 Å². The first-order chi connectivity index (χ1) is 14.2. The standard InChI is InChI=1S/C20H10F2N2O6/c21-15-7-5-11(9-17(15)23(27)28)19(25)13-3-1-2-4-14(13)20(26)12-6-8-16(22)18(10-12)24(29)30/h1-10H. The van der Waals surface area contributed by atoms with Crippen LogP contribution in [0.25, 0.3) is 0 Å². The first-order valence-electron chi connectivity index (χ1n) is 8.27. The molecular formula is C20H10F2N2O6. The summed E-state index contributed by atoms with van der Waals surface area (Å²) in [6.45, 7) is 0. The summed E-state index contributed by atoms with van der Waals surface area (Å²) >= 11 is 0. The maximum atomic E-state index is 13.6. The number of nitro groups is 2. The first kappa shape index (κ1) is 20.4. The number of ketones is 2. The first-order valence-corrected chi connectivity index (χ1v) is 8.27. The van der Waals surface area contributed by atoms with E-state index in [0.717, 1.165) is 36.4 Å². The van der Waals surface area contributed by atoms with Crippen LogP contribution in [0.1, 0.15) is 31.8 Å². The van der Waals surface area contributed by atoms with Crippen LogP contribution in [0.4, 0.5) is 20.2 Å². The molecule has 0 spiro atoms. The fraction of sp³-hybridized carbons (Fsp3) is 0. The van der Waals surface area contributed by atoms with Crippen LogP contribution in [0.2, 0.25) is 0 Å². The Morgan fingerprint density at radius 1 is 0.667 bits per heavy atom. The number of benzene rings is 3. The second kappa shape index (κ2) is 7.95. The fourth-order valence-electron chi connectivity index (χ4n) is 2.78. The lowest BCUT2D eigenvalue weighted by molar-refractivity contribution is -0.387. The van der Waals surface area contributed by atoms with E-state index in [4.69, 9.17) is 0 Å². The lowest BCUT2D eigenvalue weighted by Crippen LogP contribution is -2.12. The fourth-order valence-corrected chi connectivity index (χ4v) is 2.78. The molecule has 0 bridgehead atoms. The van der Waals surface area contributed by atoms with Crippen LogP contribution in [-0.4, -0.2) is 21.4 Å². The van der Waals surface area contributed by atoms with Gasteiger partial charge in [0.05, 0.1) is 9.85 Å². The molecule has 0 radical (unpaired) electrons. The minimum absolute atomic E-state index is 0.157. The molecule has 0 unspecified atom stereocenters. The van der Waals surface area contributed by atoms with Gasteiger partial charge in [0, 0.05) is 34.4 Å². The molecule has 10 heteroatoms. The molecule has 8 nitrogen and oxygen atoms in total. The molecule has 150 valence electrons. The van der Waals surface area contributed by atoms with E-state index in [1.165, 1.54) is 24.3 Å². The zero-order chi connectivity index (χ0) is 22.0. The second-order valence-electron chi connectivity index (χ2n) is 6.05. The van der Waals surface area contributed by atoms with Crippen molar-refractivity contribution in [2.45, 2.75) is 0 Å². The molecule has 0 aliphatic carbocycles. The van der Waals surface area contributed by atoms with Crippen LogP contribution < -0.4 is 0 Å². The van der Waals surface area contributed by atoms with E-state index in [9.17, 15) is 38.6 Å². The minimum atomic E-state index is -1.13. The second-order valence-corrected chi connectivity index (χ2v) is 6.05. The molecule has 0 aliphatic rings. The van der Waals surface area contributed by atoms with Gasteiger partial charge >= 0.3 is 11.4 Å². The molecule has 3 rings (SSSR count). The Hall–Kier alpha value is -4.34. The van der Waals surface area contributed by atoms with Gasteiger partial charge in [-0.05, 0) is 24.3 Å². The maximum Gasteiger partial charge on any atom is 0.305 e. The number of carbonyl (C=O) groups is 2. The maximum absolute atomic E-state index is 13.6. The molecule has 30 heavy (non-hydrogen) atoms. The Bertz CT molecular complexity index is 1130. The van der Waals surface area contributed by atoms with Gasteiger partial charge in [-0.1, -0.05) is 24.3 Å². The summed E-state index contributed by atoms with van der Waals surface area (Å²) < 4.78 is 27.1. The summed E-state index contributed by atoms with van der Waals surface area (Å²) in [5, 5.41) is 21.8. The highest BCUT2D eigenvalue weighted by Gasteiger charge is 2.24. The molecule has 0 fully saturated rings. The Morgan fingerprint density at radius 2 is 1.03 bits per heavy atom. The molecule has 3 aromatic carbocycles. The third-order valence-corrected chi connectivity index (χ3v) is 4.23. The van der Waals surface area contributed by atoms with Crippen molar-refractivity contribution < 1.29 is 28.2 Å². The topological polar surface area (TPSA) is 120 Å². The number of carbonyl (C=O) groups excluding carboxylic acids is 2. The Labute approximate surface area is 166 Å².